The summed E-state index contributed by atoms with van der Waals surface area (Å²) in [7, 11) is 0. The van der Waals surface area contributed by atoms with Crippen molar-refractivity contribution in [1.82, 2.24) is 0 Å². The van der Waals surface area contributed by atoms with Crippen LogP contribution in [0, 0.1) is 0 Å². The lowest BCUT2D eigenvalue weighted by molar-refractivity contribution is 1.30. The molecule has 1 nitrogen and oxygen atoms in total. The highest BCUT2D eigenvalue weighted by Gasteiger charge is 2.19. The quantitative estimate of drug-likeness (QED) is 0.205. The Kier molecular flexibility index (Phi) is 6.05. The molecule has 198 valence electrons. The third-order valence-electron chi connectivity index (χ3n) is 8.01. The van der Waals surface area contributed by atoms with E-state index >= 15 is 0 Å². The molecule has 8 rings (SSSR count). The van der Waals surface area contributed by atoms with Crippen LogP contribution in [0.2, 0.25) is 0 Å². The number of nitrogens with zero attached hydrogens (tertiary/aromatic N) is 1. The first kappa shape index (κ1) is 24.6. The Morgan fingerprint density at radius 2 is 0.905 bits per heavy atom. The molecule has 2 heteroatoms. The van der Waals surface area contributed by atoms with Gasteiger partial charge in [0, 0.05) is 26.8 Å². The predicted molar refractivity (Wildman–Crippen MR) is 182 cm³/mol. The highest BCUT2D eigenvalue weighted by atomic mass is 32.1. The second-order valence-corrected chi connectivity index (χ2v) is 11.7. The summed E-state index contributed by atoms with van der Waals surface area (Å²) in [6.45, 7) is 0. The number of anilines is 3. The summed E-state index contributed by atoms with van der Waals surface area (Å²) in [5, 5.41) is 5.16. The summed E-state index contributed by atoms with van der Waals surface area (Å²) in [4.78, 5) is 2.43. The molecule has 0 aliphatic rings. The van der Waals surface area contributed by atoms with Crippen molar-refractivity contribution in [2.24, 2.45) is 0 Å². The number of thiophene rings is 1. The second-order valence-electron chi connectivity index (χ2n) is 10.6. The van der Waals surface area contributed by atoms with Gasteiger partial charge in [0.15, 0.2) is 0 Å². The van der Waals surface area contributed by atoms with Crippen LogP contribution in [0.4, 0.5) is 17.1 Å². The zero-order valence-electron chi connectivity index (χ0n) is 22.9. The molecule has 0 atom stereocenters. The van der Waals surface area contributed by atoms with E-state index in [0.29, 0.717) is 0 Å². The molecule has 1 heterocycles. The number of fused-ring (bicyclic) bond motifs is 4. The van der Waals surface area contributed by atoms with Crippen LogP contribution in [0.3, 0.4) is 0 Å². The molecule has 8 aromatic rings. The van der Waals surface area contributed by atoms with E-state index in [0.717, 1.165) is 11.4 Å². The fourth-order valence-electron chi connectivity index (χ4n) is 5.98. The molecule has 0 spiro atoms. The van der Waals surface area contributed by atoms with Crippen molar-refractivity contribution in [3.05, 3.63) is 164 Å². The van der Waals surface area contributed by atoms with Gasteiger partial charge in [-0.05, 0) is 75.5 Å². The third kappa shape index (κ3) is 4.34. The van der Waals surface area contributed by atoms with E-state index in [4.69, 9.17) is 0 Å². The average Bonchev–Trinajstić information content (AvgIpc) is 3.43. The molecular formula is C40H27NS. The van der Waals surface area contributed by atoms with Crippen LogP contribution >= 0.6 is 11.3 Å². The normalized spacial score (nSPS) is 11.3. The zero-order valence-corrected chi connectivity index (χ0v) is 23.8. The molecule has 0 aliphatic carbocycles. The first-order valence-corrected chi connectivity index (χ1v) is 15.1. The van der Waals surface area contributed by atoms with Crippen LogP contribution in [0.5, 0.6) is 0 Å². The van der Waals surface area contributed by atoms with Gasteiger partial charge < -0.3 is 4.90 Å². The lowest BCUT2D eigenvalue weighted by Crippen LogP contribution is -2.10. The largest absolute Gasteiger partial charge is 0.309 e. The maximum Gasteiger partial charge on any atom is 0.0640 e. The molecule has 0 saturated carbocycles. The minimum absolute atomic E-state index is 1.14. The Hall–Kier alpha value is -5.18. The number of hydrogen-bond donors (Lipinski definition) is 0. The summed E-state index contributed by atoms with van der Waals surface area (Å²) in [6, 6.07) is 59.1. The van der Waals surface area contributed by atoms with E-state index < -0.39 is 0 Å². The molecule has 42 heavy (non-hydrogen) atoms. The van der Waals surface area contributed by atoms with Gasteiger partial charge in [-0.2, -0.15) is 0 Å². The maximum atomic E-state index is 2.43. The molecule has 0 aliphatic heterocycles. The molecule has 0 bridgehead atoms. The molecular weight excluding hydrogens is 527 g/mol. The van der Waals surface area contributed by atoms with Crippen LogP contribution in [0.1, 0.15) is 0 Å². The topological polar surface area (TPSA) is 3.24 Å². The van der Waals surface area contributed by atoms with Gasteiger partial charge in [0.25, 0.3) is 0 Å². The Balaban J connectivity index is 1.37. The smallest absolute Gasteiger partial charge is 0.0640 e. The standard InChI is InChI=1S/C40H27NS/c1-3-12-28(13-4-1)30-18-9-20-34(24-30)41(35-21-10-19-31(25-35)29-14-5-2-6-15-29)38-23-11-22-36-37-26-32-16-7-8-17-33(32)27-39(37)42-40(36)38/h1-27H. The monoisotopic (exact) mass is 553 g/mol. The van der Waals surface area contributed by atoms with Gasteiger partial charge in [-0.15, -0.1) is 11.3 Å². The molecule has 0 radical (unpaired) electrons. The van der Waals surface area contributed by atoms with E-state index in [9.17, 15) is 0 Å². The molecule has 7 aromatic carbocycles. The van der Waals surface area contributed by atoms with Crippen LogP contribution < -0.4 is 4.90 Å². The first-order chi connectivity index (χ1) is 20.8. The summed E-state index contributed by atoms with van der Waals surface area (Å²) in [5.41, 5.74) is 8.29. The Morgan fingerprint density at radius 3 is 1.52 bits per heavy atom. The molecule has 0 fully saturated rings. The van der Waals surface area contributed by atoms with Gasteiger partial charge in [0.2, 0.25) is 0 Å². The third-order valence-corrected chi connectivity index (χ3v) is 9.20. The highest BCUT2D eigenvalue weighted by Crippen LogP contribution is 2.46. The number of hydrogen-bond acceptors (Lipinski definition) is 2. The maximum absolute atomic E-state index is 2.43. The van der Waals surface area contributed by atoms with E-state index in [-0.39, 0.29) is 0 Å². The fourth-order valence-corrected chi connectivity index (χ4v) is 7.22. The lowest BCUT2D eigenvalue weighted by atomic mass is 10.0. The fraction of sp³-hybridized carbons (Fsp3) is 0. The SMILES string of the molecule is c1ccc(-c2cccc(N(c3cccc(-c4ccccc4)c3)c3cccc4c3sc3cc5ccccc5cc34)c2)cc1. The minimum Gasteiger partial charge on any atom is -0.309 e. The van der Waals surface area contributed by atoms with Crippen LogP contribution in [-0.4, -0.2) is 0 Å². The van der Waals surface area contributed by atoms with Crippen molar-refractivity contribution >= 4 is 59.3 Å². The number of rotatable bonds is 5. The van der Waals surface area contributed by atoms with Gasteiger partial charge in [0.05, 0.1) is 10.4 Å². The van der Waals surface area contributed by atoms with E-state index in [1.165, 1.54) is 58.9 Å². The van der Waals surface area contributed by atoms with E-state index in [1.807, 2.05) is 11.3 Å². The minimum atomic E-state index is 1.14. The lowest BCUT2D eigenvalue weighted by Gasteiger charge is -2.27. The Labute approximate surface area is 249 Å². The van der Waals surface area contributed by atoms with Gasteiger partial charge >= 0.3 is 0 Å². The molecule has 0 saturated heterocycles. The van der Waals surface area contributed by atoms with Gasteiger partial charge in [-0.3, -0.25) is 0 Å². The van der Waals surface area contributed by atoms with Crippen molar-refractivity contribution in [1.29, 1.82) is 0 Å². The van der Waals surface area contributed by atoms with Crippen molar-refractivity contribution in [3.8, 4) is 22.3 Å². The zero-order chi connectivity index (χ0) is 27.9. The first-order valence-electron chi connectivity index (χ1n) is 14.3. The molecule has 1 aromatic heterocycles. The average molecular weight is 554 g/mol. The van der Waals surface area contributed by atoms with E-state index in [1.54, 1.807) is 0 Å². The Morgan fingerprint density at radius 1 is 0.381 bits per heavy atom. The van der Waals surface area contributed by atoms with E-state index in [2.05, 4.69) is 169 Å². The second kappa shape index (κ2) is 10.3. The molecule has 0 N–H and O–H groups in total. The van der Waals surface area contributed by atoms with Crippen LogP contribution in [0.15, 0.2) is 164 Å². The Bertz CT molecular complexity index is 2110. The molecule has 0 amide bonds. The van der Waals surface area contributed by atoms with Crippen LogP contribution in [-0.2, 0) is 0 Å². The van der Waals surface area contributed by atoms with Crippen molar-refractivity contribution < 1.29 is 0 Å². The van der Waals surface area contributed by atoms with Crippen molar-refractivity contribution in [3.63, 3.8) is 0 Å². The summed E-state index contributed by atoms with van der Waals surface area (Å²) in [6.07, 6.45) is 0. The van der Waals surface area contributed by atoms with Crippen molar-refractivity contribution in [2.45, 2.75) is 0 Å². The van der Waals surface area contributed by atoms with Gasteiger partial charge in [0.1, 0.15) is 0 Å². The van der Waals surface area contributed by atoms with Crippen molar-refractivity contribution in [2.75, 3.05) is 4.90 Å². The summed E-state index contributed by atoms with van der Waals surface area (Å²) < 4.78 is 2.60. The predicted octanol–water partition coefficient (Wildman–Crippen LogP) is 12.0. The summed E-state index contributed by atoms with van der Waals surface area (Å²) >= 11 is 1.88. The van der Waals surface area contributed by atoms with Gasteiger partial charge in [-0.1, -0.05) is 121 Å². The van der Waals surface area contributed by atoms with Crippen LogP contribution in [0.25, 0.3) is 53.2 Å². The summed E-state index contributed by atoms with van der Waals surface area (Å²) in [5.74, 6) is 0. The highest BCUT2D eigenvalue weighted by molar-refractivity contribution is 7.26. The van der Waals surface area contributed by atoms with Gasteiger partial charge in [-0.25, -0.2) is 0 Å². The number of benzene rings is 7. The molecule has 0 unspecified atom stereocenters.